The summed E-state index contributed by atoms with van der Waals surface area (Å²) in [5, 5.41) is 3.22. The van der Waals surface area contributed by atoms with Crippen molar-refractivity contribution in [3.8, 4) is 5.75 Å². The lowest BCUT2D eigenvalue weighted by atomic mass is 10.2. The van der Waals surface area contributed by atoms with E-state index in [4.69, 9.17) is 10.5 Å². The molecule has 0 fully saturated rings. The first-order chi connectivity index (χ1) is 9.76. The Hall–Kier alpha value is -2.83. The van der Waals surface area contributed by atoms with E-state index >= 15 is 0 Å². The van der Waals surface area contributed by atoms with Gasteiger partial charge in [0.15, 0.2) is 11.5 Å². The van der Waals surface area contributed by atoms with Gasteiger partial charge in [0, 0.05) is 6.54 Å². The van der Waals surface area contributed by atoms with Gasteiger partial charge in [0.25, 0.3) is 0 Å². The van der Waals surface area contributed by atoms with Gasteiger partial charge in [-0.3, -0.25) is 0 Å². The van der Waals surface area contributed by atoms with Crippen molar-refractivity contribution in [1.29, 1.82) is 0 Å². The highest BCUT2D eigenvalue weighted by molar-refractivity contribution is 5.83. The normalized spacial score (nSPS) is 10.7. The van der Waals surface area contributed by atoms with Gasteiger partial charge in [0.1, 0.15) is 11.3 Å². The number of rotatable bonds is 4. The van der Waals surface area contributed by atoms with Crippen molar-refractivity contribution in [2.45, 2.75) is 6.54 Å². The first-order valence-corrected chi connectivity index (χ1v) is 6.09. The molecule has 0 unspecified atom stereocenters. The highest BCUT2D eigenvalue weighted by Crippen LogP contribution is 2.19. The van der Waals surface area contributed by atoms with Crippen molar-refractivity contribution in [2.75, 3.05) is 18.2 Å². The van der Waals surface area contributed by atoms with Crippen LogP contribution < -0.4 is 15.8 Å². The van der Waals surface area contributed by atoms with Crippen LogP contribution in [0.15, 0.2) is 30.6 Å². The van der Waals surface area contributed by atoms with Gasteiger partial charge in [-0.05, 0) is 17.7 Å². The Bertz CT molecular complexity index is 739. The molecular weight excluding hydrogens is 256 g/mol. The van der Waals surface area contributed by atoms with Crippen molar-refractivity contribution in [3.63, 3.8) is 0 Å². The number of anilines is 2. The standard InChI is InChI=1S/C13H14N6O/c1-20-9-4-2-3-8(5-9)6-15-11-10-12(17-7-16-10)19-13(14)18-11/h2-5,7H,6H2,1H3,(H4,14,15,16,17,18,19). The largest absolute Gasteiger partial charge is 0.497 e. The number of fused-ring (bicyclic) bond motifs is 1. The fourth-order valence-electron chi connectivity index (χ4n) is 1.95. The zero-order valence-electron chi connectivity index (χ0n) is 10.9. The molecule has 7 heteroatoms. The zero-order chi connectivity index (χ0) is 13.9. The second-order valence-electron chi connectivity index (χ2n) is 4.24. The monoisotopic (exact) mass is 270 g/mol. The lowest BCUT2D eigenvalue weighted by Crippen LogP contribution is -2.05. The van der Waals surface area contributed by atoms with E-state index in [9.17, 15) is 0 Å². The maximum atomic E-state index is 5.66. The third kappa shape index (κ3) is 2.33. The van der Waals surface area contributed by atoms with E-state index in [-0.39, 0.29) is 5.95 Å². The van der Waals surface area contributed by atoms with Crippen LogP contribution in [0.1, 0.15) is 5.56 Å². The number of aromatic amines is 1. The number of ether oxygens (including phenoxy) is 1. The highest BCUT2D eigenvalue weighted by Gasteiger charge is 2.08. The Kier molecular flexibility index (Phi) is 3.08. The number of hydrogen-bond acceptors (Lipinski definition) is 6. The van der Waals surface area contributed by atoms with Gasteiger partial charge >= 0.3 is 0 Å². The first-order valence-electron chi connectivity index (χ1n) is 6.09. The summed E-state index contributed by atoms with van der Waals surface area (Å²) < 4.78 is 5.19. The molecule has 0 saturated heterocycles. The second kappa shape index (κ2) is 5.04. The molecule has 2 heterocycles. The Labute approximate surface area is 115 Å². The molecule has 20 heavy (non-hydrogen) atoms. The summed E-state index contributed by atoms with van der Waals surface area (Å²) in [6.45, 7) is 0.599. The van der Waals surface area contributed by atoms with E-state index < -0.39 is 0 Å². The van der Waals surface area contributed by atoms with Crippen LogP contribution in [-0.2, 0) is 6.54 Å². The molecule has 0 aliphatic rings. The number of H-pyrrole nitrogens is 1. The molecule has 1 aromatic carbocycles. The number of methoxy groups -OCH3 is 1. The molecule has 0 amide bonds. The Morgan fingerprint density at radius 1 is 1.35 bits per heavy atom. The Morgan fingerprint density at radius 3 is 3.10 bits per heavy atom. The number of nitrogens with one attached hydrogen (secondary N) is 2. The van der Waals surface area contributed by atoms with Gasteiger partial charge in [-0.2, -0.15) is 9.97 Å². The molecule has 0 aliphatic carbocycles. The number of nitrogens with zero attached hydrogens (tertiary/aromatic N) is 3. The fraction of sp³-hybridized carbons (Fsp3) is 0.154. The zero-order valence-corrected chi connectivity index (χ0v) is 10.9. The lowest BCUT2D eigenvalue weighted by Gasteiger charge is -2.08. The molecule has 3 rings (SSSR count). The number of imidazole rings is 1. The molecule has 0 atom stereocenters. The van der Waals surface area contributed by atoms with E-state index in [1.807, 2.05) is 24.3 Å². The smallest absolute Gasteiger partial charge is 0.224 e. The van der Waals surface area contributed by atoms with Gasteiger partial charge in [0.05, 0.1) is 13.4 Å². The maximum absolute atomic E-state index is 5.66. The molecule has 0 aliphatic heterocycles. The van der Waals surface area contributed by atoms with Crippen molar-refractivity contribution in [2.24, 2.45) is 0 Å². The highest BCUT2D eigenvalue weighted by atomic mass is 16.5. The minimum atomic E-state index is 0.192. The summed E-state index contributed by atoms with van der Waals surface area (Å²) in [7, 11) is 1.64. The number of hydrogen-bond donors (Lipinski definition) is 3. The number of benzene rings is 1. The van der Waals surface area contributed by atoms with Gasteiger partial charge < -0.3 is 20.8 Å². The topological polar surface area (TPSA) is 102 Å². The predicted octanol–water partition coefficient (Wildman–Crippen LogP) is 1.56. The minimum Gasteiger partial charge on any atom is -0.497 e. The molecule has 0 spiro atoms. The SMILES string of the molecule is COc1cccc(CNc2nc(N)nc3nc[nH]c23)c1. The number of aromatic nitrogens is 4. The number of nitrogen functional groups attached to an aromatic ring is 1. The van der Waals surface area contributed by atoms with Gasteiger partial charge in [-0.15, -0.1) is 0 Å². The van der Waals surface area contributed by atoms with E-state index in [2.05, 4.69) is 25.3 Å². The van der Waals surface area contributed by atoms with Crippen LogP contribution in [0.4, 0.5) is 11.8 Å². The van der Waals surface area contributed by atoms with Crippen LogP contribution >= 0.6 is 0 Å². The average molecular weight is 270 g/mol. The van der Waals surface area contributed by atoms with E-state index in [0.29, 0.717) is 18.0 Å². The van der Waals surface area contributed by atoms with Crippen molar-refractivity contribution >= 4 is 22.9 Å². The summed E-state index contributed by atoms with van der Waals surface area (Å²) in [5.74, 6) is 1.64. The van der Waals surface area contributed by atoms with Crippen LogP contribution in [0, 0.1) is 0 Å². The third-order valence-electron chi connectivity index (χ3n) is 2.90. The lowest BCUT2D eigenvalue weighted by molar-refractivity contribution is 0.414. The molecule has 0 radical (unpaired) electrons. The summed E-state index contributed by atoms with van der Waals surface area (Å²) in [4.78, 5) is 15.3. The summed E-state index contributed by atoms with van der Waals surface area (Å²) >= 11 is 0. The van der Waals surface area contributed by atoms with Crippen LogP contribution in [0.5, 0.6) is 5.75 Å². The van der Waals surface area contributed by atoms with Crippen molar-refractivity contribution in [1.82, 2.24) is 19.9 Å². The molecule has 0 bridgehead atoms. The molecule has 7 nitrogen and oxygen atoms in total. The fourth-order valence-corrected chi connectivity index (χ4v) is 1.95. The second-order valence-corrected chi connectivity index (χ2v) is 4.24. The summed E-state index contributed by atoms with van der Waals surface area (Å²) in [6.07, 6.45) is 1.56. The van der Waals surface area contributed by atoms with Crippen LogP contribution in [0.3, 0.4) is 0 Å². The third-order valence-corrected chi connectivity index (χ3v) is 2.90. The first kappa shape index (κ1) is 12.2. The molecular formula is C13H14N6O. The average Bonchev–Trinajstić information content (AvgIpc) is 2.93. The molecule has 102 valence electrons. The van der Waals surface area contributed by atoms with Crippen molar-refractivity contribution < 1.29 is 4.74 Å². The molecule has 0 saturated carbocycles. The van der Waals surface area contributed by atoms with E-state index in [1.165, 1.54) is 0 Å². The Balaban J connectivity index is 1.84. The Morgan fingerprint density at radius 2 is 2.25 bits per heavy atom. The van der Waals surface area contributed by atoms with Crippen molar-refractivity contribution in [3.05, 3.63) is 36.2 Å². The van der Waals surface area contributed by atoms with Gasteiger partial charge in [0.2, 0.25) is 5.95 Å². The summed E-state index contributed by atoms with van der Waals surface area (Å²) in [6, 6.07) is 7.81. The van der Waals surface area contributed by atoms with Gasteiger partial charge in [-0.25, -0.2) is 4.98 Å². The predicted molar refractivity (Wildman–Crippen MR) is 76.4 cm³/mol. The quantitative estimate of drug-likeness (QED) is 0.665. The van der Waals surface area contributed by atoms with E-state index in [1.54, 1.807) is 13.4 Å². The minimum absolute atomic E-state index is 0.192. The molecule has 2 aromatic heterocycles. The summed E-state index contributed by atoms with van der Waals surface area (Å²) in [5.41, 5.74) is 8.03. The maximum Gasteiger partial charge on any atom is 0.224 e. The van der Waals surface area contributed by atoms with Crippen LogP contribution in [0.2, 0.25) is 0 Å². The van der Waals surface area contributed by atoms with Crippen LogP contribution in [-0.4, -0.2) is 27.0 Å². The molecule has 3 aromatic rings. The van der Waals surface area contributed by atoms with Crippen LogP contribution in [0.25, 0.3) is 11.2 Å². The number of nitrogens with two attached hydrogens (primary N) is 1. The van der Waals surface area contributed by atoms with Gasteiger partial charge in [-0.1, -0.05) is 12.1 Å². The van der Waals surface area contributed by atoms with E-state index in [0.717, 1.165) is 16.8 Å². The molecule has 4 N–H and O–H groups in total.